The van der Waals surface area contributed by atoms with Crippen molar-refractivity contribution in [2.75, 3.05) is 7.11 Å². The molecule has 5 nitrogen and oxygen atoms in total. The first-order valence-corrected chi connectivity index (χ1v) is 7.90. The van der Waals surface area contributed by atoms with E-state index >= 15 is 0 Å². The largest absolute Gasteiger partial charge is 0.467 e. The summed E-state index contributed by atoms with van der Waals surface area (Å²) < 4.78 is 4.76. The van der Waals surface area contributed by atoms with Crippen LogP contribution in [0.4, 0.5) is 0 Å². The number of nitriles is 1. The molecule has 2 rings (SSSR count). The average Bonchev–Trinajstić information content (AvgIpc) is 2.63. The molecule has 0 radical (unpaired) electrons. The molecule has 0 heterocycles. The number of hydrogen-bond acceptors (Lipinski definition) is 4. The number of benzene rings is 2. The first-order valence-electron chi connectivity index (χ1n) is 7.90. The minimum atomic E-state index is -0.701. The van der Waals surface area contributed by atoms with Gasteiger partial charge in [-0.3, -0.25) is 4.79 Å². The zero-order valence-electron chi connectivity index (χ0n) is 13.6. The molecule has 0 fully saturated rings. The van der Waals surface area contributed by atoms with Crippen LogP contribution >= 0.6 is 0 Å². The van der Waals surface area contributed by atoms with E-state index in [0.29, 0.717) is 31.2 Å². The number of carbonyl (C=O) groups excluding carboxylic acids is 2. The lowest BCUT2D eigenvalue weighted by Crippen LogP contribution is -2.41. The summed E-state index contributed by atoms with van der Waals surface area (Å²) in [6, 6.07) is 14.5. The Morgan fingerprint density at radius 1 is 1.17 bits per heavy atom. The lowest BCUT2D eigenvalue weighted by Gasteiger charge is -2.16. The molecule has 1 N–H and O–H groups in total. The van der Waals surface area contributed by atoms with Crippen LogP contribution in [0, 0.1) is 11.3 Å². The van der Waals surface area contributed by atoms with Gasteiger partial charge in [0.05, 0.1) is 13.2 Å². The molecule has 0 aromatic heterocycles. The summed E-state index contributed by atoms with van der Waals surface area (Å²) >= 11 is 0. The normalized spacial score (nSPS) is 11.5. The number of amides is 1. The van der Waals surface area contributed by atoms with Gasteiger partial charge in [0.25, 0.3) is 5.91 Å². The Labute approximate surface area is 141 Å². The van der Waals surface area contributed by atoms with E-state index in [1.54, 1.807) is 12.1 Å². The quantitative estimate of drug-likeness (QED) is 0.626. The minimum Gasteiger partial charge on any atom is -0.467 e. The Balaban J connectivity index is 2.07. The van der Waals surface area contributed by atoms with Gasteiger partial charge in [0.2, 0.25) is 0 Å². The molecule has 0 saturated heterocycles. The van der Waals surface area contributed by atoms with E-state index in [0.717, 1.165) is 10.8 Å². The van der Waals surface area contributed by atoms with Gasteiger partial charge in [0, 0.05) is 12.0 Å². The third-order valence-electron chi connectivity index (χ3n) is 3.83. The molecule has 0 aliphatic heterocycles. The van der Waals surface area contributed by atoms with Gasteiger partial charge in [0.15, 0.2) is 0 Å². The fourth-order valence-corrected chi connectivity index (χ4v) is 2.52. The van der Waals surface area contributed by atoms with Crippen molar-refractivity contribution in [2.45, 2.75) is 31.7 Å². The Bertz CT molecular complexity index is 765. The molecule has 0 bridgehead atoms. The fraction of sp³-hybridized carbons (Fsp3) is 0.316. The zero-order valence-corrected chi connectivity index (χ0v) is 13.6. The van der Waals surface area contributed by atoms with Crippen LogP contribution in [0.25, 0.3) is 10.8 Å². The number of esters is 1. The second-order valence-electron chi connectivity index (χ2n) is 5.52. The number of carbonyl (C=O) groups is 2. The maximum absolute atomic E-state index is 12.4. The predicted molar refractivity (Wildman–Crippen MR) is 91.3 cm³/mol. The van der Waals surface area contributed by atoms with E-state index in [1.807, 2.05) is 30.3 Å². The van der Waals surface area contributed by atoms with Gasteiger partial charge < -0.3 is 10.1 Å². The summed E-state index contributed by atoms with van der Waals surface area (Å²) in [4.78, 5) is 24.3. The Kier molecular flexibility index (Phi) is 6.32. The van der Waals surface area contributed by atoms with E-state index < -0.39 is 12.0 Å². The minimum absolute atomic E-state index is 0.309. The molecule has 1 amide bonds. The summed E-state index contributed by atoms with van der Waals surface area (Å²) in [5.74, 6) is -0.780. The standard InChI is InChI=1S/C19H20N2O3/c1-24-19(23)17(9-3-2-6-12-20)21-18(22)16-11-10-14-7-4-5-8-15(14)13-16/h4-5,7-8,10-11,13,17H,2-3,6,9H2,1H3,(H,21,22)/t17-/m0/s1. The summed E-state index contributed by atoms with van der Waals surface area (Å²) in [5.41, 5.74) is 0.500. The summed E-state index contributed by atoms with van der Waals surface area (Å²) in [7, 11) is 1.30. The van der Waals surface area contributed by atoms with Gasteiger partial charge in [-0.25, -0.2) is 4.79 Å². The highest BCUT2D eigenvalue weighted by Crippen LogP contribution is 2.16. The van der Waals surface area contributed by atoms with Gasteiger partial charge in [0.1, 0.15) is 6.04 Å². The molecule has 2 aromatic rings. The van der Waals surface area contributed by atoms with E-state index in [2.05, 4.69) is 11.4 Å². The number of nitrogens with zero attached hydrogens (tertiary/aromatic N) is 1. The molecule has 0 aliphatic rings. The van der Waals surface area contributed by atoms with Crippen LogP contribution < -0.4 is 5.32 Å². The lowest BCUT2D eigenvalue weighted by molar-refractivity contribution is -0.143. The van der Waals surface area contributed by atoms with Crippen molar-refractivity contribution in [1.29, 1.82) is 5.26 Å². The van der Waals surface area contributed by atoms with Crippen LogP contribution in [0.2, 0.25) is 0 Å². The Morgan fingerprint density at radius 3 is 2.62 bits per heavy atom. The van der Waals surface area contributed by atoms with Crippen LogP contribution in [0.5, 0.6) is 0 Å². The van der Waals surface area contributed by atoms with E-state index in [1.165, 1.54) is 7.11 Å². The van der Waals surface area contributed by atoms with Gasteiger partial charge in [-0.2, -0.15) is 5.26 Å². The van der Waals surface area contributed by atoms with Crippen LogP contribution in [0.15, 0.2) is 42.5 Å². The van der Waals surface area contributed by atoms with Crippen molar-refractivity contribution in [3.05, 3.63) is 48.0 Å². The molecule has 0 spiro atoms. The third-order valence-corrected chi connectivity index (χ3v) is 3.83. The summed E-state index contributed by atoms with van der Waals surface area (Å²) in [6.45, 7) is 0. The topological polar surface area (TPSA) is 79.2 Å². The molecule has 0 saturated carbocycles. The van der Waals surface area contributed by atoms with Crippen molar-refractivity contribution < 1.29 is 14.3 Å². The van der Waals surface area contributed by atoms with Gasteiger partial charge in [-0.15, -0.1) is 0 Å². The molecule has 0 aliphatic carbocycles. The van der Waals surface area contributed by atoms with E-state index in [4.69, 9.17) is 10.00 Å². The number of fused-ring (bicyclic) bond motifs is 1. The maximum atomic E-state index is 12.4. The molecular formula is C19H20N2O3. The highest BCUT2D eigenvalue weighted by molar-refractivity contribution is 6.00. The number of rotatable bonds is 7. The molecule has 1 atom stereocenters. The van der Waals surface area contributed by atoms with Crippen molar-refractivity contribution in [3.8, 4) is 6.07 Å². The molecule has 2 aromatic carbocycles. The van der Waals surface area contributed by atoms with Crippen LogP contribution in [-0.2, 0) is 9.53 Å². The Hall–Kier alpha value is -2.87. The second kappa shape index (κ2) is 8.68. The Morgan fingerprint density at radius 2 is 1.92 bits per heavy atom. The monoisotopic (exact) mass is 324 g/mol. The maximum Gasteiger partial charge on any atom is 0.328 e. The average molecular weight is 324 g/mol. The first-order chi connectivity index (χ1) is 11.7. The summed E-state index contributed by atoms with van der Waals surface area (Å²) in [6.07, 6.45) is 2.25. The number of nitrogens with one attached hydrogen (secondary N) is 1. The number of methoxy groups -OCH3 is 1. The van der Waals surface area contributed by atoms with Gasteiger partial charge >= 0.3 is 5.97 Å². The predicted octanol–water partition coefficient (Wildman–Crippen LogP) is 3.20. The highest BCUT2D eigenvalue weighted by Gasteiger charge is 2.21. The second-order valence-corrected chi connectivity index (χ2v) is 5.52. The van der Waals surface area contributed by atoms with Crippen molar-refractivity contribution >= 4 is 22.6 Å². The third kappa shape index (κ3) is 4.56. The summed E-state index contributed by atoms with van der Waals surface area (Å²) in [5, 5.41) is 13.3. The van der Waals surface area contributed by atoms with Crippen LogP contribution in [-0.4, -0.2) is 25.0 Å². The smallest absolute Gasteiger partial charge is 0.328 e. The molecule has 5 heteroatoms. The van der Waals surface area contributed by atoms with Gasteiger partial charge in [-0.05, 0) is 42.2 Å². The van der Waals surface area contributed by atoms with Crippen molar-refractivity contribution in [2.24, 2.45) is 0 Å². The molecule has 0 unspecified atom stereocenters. The van der Waals surface area contributed by atoms with Crippen LogP contribution in [0.3, 0.4) is 0 Å². The molecular weight excluding hydrogens is 304 g/mol. The molecule has 124 valence electrons. The lowest BCUT2D eigenvalue weighted by atomic mass is 10.1. The SMILES string of the molecule is COC(=O)[C@H](CCCCC#N)NC(=O)c1ccc2ccccc2c1. The van der Waals surface area contributed by atoms with E-state index in [9.17, 15) is 9.59 Å². The zero-order chi connectivity index (χ0) is 17.4. The van der Waals surface area contributed by atoms with Gasteiger partial charge in [-0.1, -0.05) is 30.3 Å². The number of ether oxygens (including phenoxy) is 1. The number of hydrogen-bond donors (Lipinski definition) is 1. The highest BCUT2D eigenvalue weighted by atomic mass is 16.5. The van der Waals surface area contributed by atoms with Crippen molar-refractivity contribution in [3.63, 3.8) is 0 Å². The first kappa shape index (κ1) is 17.5. The number of unbranched alkanes of at least 4 members (excludes halogenated alkanes) is 2. The van der Waals surface area contributed by atoms with Crippen LogP contribution in [0.1, 0.15) is 36.0 Å². The van der Waals surface area contributed by atoms with E-state index in [-0.39, 0.29) is 5.91 Å². The fourth-order valence-electron chi connectivity index (χ4n) is 2.52. The van der Waals surface area contributed by atoms with Crippen molar-refractivity contribution in [1.82, 2.24) is 5.32 Å². The molecule has 24 heavy (non-hydrogen) atoms.